The first kappa shape index (κ1) is 15.0. The van der Waals surface area contributed by atoms with E-state index < -0.39 is 0 Å². The van der Waals surface area contributed by atoms with Crippen LogP contribution in [0.4, 0.5) is 5.13 Å². The van der Waals surface area contributed by atoms with Crippen molar-refractivity contribution in [1.29, 1.82) is 0 Å². The number of aliphatic hydroxyl groups excluding tert-OH is 1. The van der Waals surface area contributed by atoms with E-state index in [0.717, 1.165) is 0 Å². The summed E-state index contributed by atoms with van der Waals surface area (Å²) >= 11 is 1.29. The second-order valence-corrected chi connectivity index (χ2v) is 5.94. The van der Waals surface area contributed by atoms with E-state index in [1.807, 2.05) is 20.8 Å². The molecule has 1 saturated heterocycles. The predicted molar refractivity (Wildman–Crippen MR) is 77.4 cm³/mol. The third-order valence-corrected chi connectivity index (χ3v) is 4.40. The maximum atomic E-state index is 12.3. The van der Waals surface area contributed by atoms with Crippen LogP contribution in [0.1, 0.15) is 25.6 Å². The molecule has 1 amide bonds. The number of hydrogen-bond donors (Lipinski definition) is 2. The Balaban J connectivity index is 2.03. The first-order chi connectivity index (χ1) is 9.52. The van der Waals surface area contributed by atoms with Crippen LogP contribution < -0.4 is 5.32 Å². The Bertz CT molecular complexity index is 546. The average molecular weight is 294 g/mol. The molecule has 1 aliphatic rings. The number of aromatic nitrogens is 1. The third kappa shape index (κ3) is 3.18. The summed E-state index contributed by atoms with van der Waals surface area (Å²) in [6, 6.07) is 0. The lowest BCUT2D eigenvalue weighted by atomic mass is 9.89. The summed E-state index contributed by atoms with van der Waals surface area (Å²) in [5.41, 5.74) is 0. The normalized spacial score (nSPS) is 28.8. The SMILES string of the molecule is CC1OC(C)C(C(=O)Nc2ncc(C#CCO)s2)C1C. The van der Waals surface area contributed by atoms with Gasteiger partial charge in [-0.05, 0) is 19.8 Å². The van der Waals surface area contributed by atoms with Crippen molar-refractivity contribution in [1.82, 2.24) is 4.98 Å². The third-order valence-electron chi connectivity index (χ3n) is 3.57. The van der Waals surface area contributed by atoms with E-state index in [1.54, 1.807) is 6.20 Å². The quantitative estimate of drug-likeness (QED) is 0.811. The highest BCUT2D eigenvalue weighted by Gasteiger charge is 2.41. The fourth-order valence-corrected chi connectivity index (χ4v) is 3.12. The van der Waals surface area contributed by atoms with Crippen molar-refractivity contribution in [3.8, 4) is 11.8 Å². The molecule has 1 aromatic rings. The Kier molecular flexibility index (Phi) is 4.76. The van der Waals surface area contributed by atoms with Gasteiger partial charge in [0.05, 0.1) is 29.2 Å². The van der Waals surface area contributed by atoms with Crippen molar-refractivity contribution in [2.45, 2.75) is 33.0 Å². The molecule has 0 saturated carbocycles. The number of anilines is 1. The maximum Gasteiger partial charge on any atom is 0.232 e. The Morgan fingerprint density at radius 1 is 1.50 bits per heavy atom. The molecule has 5 nitrogen and oxygen atoms in total. The lowest BCUT2D eigenvalue weighted by Gasteiger charge is -2.16. The number of hydrogen-bond acceptors (Lipinski definition) is 5. The first-order valence-electron chi connectivity index (χ1n) is 6.54. The number of amides is 1. The van der Waals surface area contributed by atoms with Gasteiger partial charge in [0.15, 0.2) is 5.13 Å². The highest BCUT2D eigenvalue weighted by Crippen LogP contribution is 2.33. The van der Waals surface area contributed by atoms with Gasteiger partial charge in [0, 0.05) is 0 Å². The number of rotatable bonds is 2. The van der Waals surface area contributed by atoms with Crippen molar-refractivity contribution >= 4 is 22.4 Å². The van der Waals surface area contributed by atoms with Crippen LogP contribution in [0.15, 0.2) is 6.20 Å². The molecule has 1 fully saturated rings. The predicted octanol–water partition coefficient (Wildman–Crippen LogP) is 1.48. The van der Waals surface area contributed by atoms with Crippen LogP contribution in [0, 0.1) is 23.7 Å². The molecule has 4 atom stereocenters. The highest BCUT2D eigenvalue weighted by atomic mass is 32.1. The van der Waals surface area contributed by atoms with E-state index in [-0.39, 0.29) is 36.6 Å². The molecule has 0 bridgehead atoms. The summed E-state index contributed by atoms with van der Waals surface area (Å²) in [4.78, 5) is 17.1. The minimum Gasteiger partial charge on any atom is -0.384 e. The fraction of sp³-hybridized carbons (Fsp3) is 0.571. The number of thiazole rings is 1. The molecule has 0 aliphatic carbocycles. The van der Waals surface area contributed by atoms with Crippen LogP contribution in [0.5, 0.6) is 0 Å². The van der Waals surface area contributed by atoms with E-state index in [0.29, 0.717) is 10.0 Å². The molecular formula is C14H18N2O3S. The Hall–Kier alpha value is -1.42. The molecule has 2 rings (SSSR count). The van der Waals surface area contributed by atoms with Gasteiger partial charge in [-0.25, -0.2) is 4.98 Å². The number of nitrogens with zero attached hydrogens (tertiary/aromatic N) is 1. The first-order valence-corrected chi connectivity index (χ1v) is 7.36. The summed E-state index contributed by atoms with van der Waals surface area (Å²) in [5.74, 6) is 5.26. The molecule has 108 valence electrons. The van der Waals surface area contributed by atoms with E-state index in [1.165, 1.54) is 11.3 Å². The number of carbonyl (C=O) groups excluding carboxylic acids is 1. The zero-order valence-corrected chi connectivity index (χ0v) is 12.5. The molecule has 4 unspecified atom stereocenters. The standard InChI is InChI=1S/C14H18N2O3S/c1-8-9(2)19-10(3)12(8)13(18)16-14-15-7-11(20-14)5-4-6-17/h7-10,12,17H,6H2,1-3H3,(H,15,16,18). The lowest BCUT2D eigenvalue weighted by molar-refractivity contribution is -0.121. The number of aliphatic hydroxyl groups is 1. The second kappa shape index (κ2) is 6.35. The summed E-state index contributed by atoms with van der Waals surface area (Å²) in [6.07, 6.45) is 1.58. The van der Waals surface area contributed by atoms with Crippen molar-refractivity contribution in [3.05, 3.63) is 11.1 Å². The van der Waals surface area contributed by atoms with Gasteiger partial charge < -0.3 is 15.2 Å². The molecule has 1 aromatic heterocycles. The van der Waals surface area contributed by atoms with Crippen LogP contribution in [-0.2, 0) is 9.53 Å². The van der Waals surface area contributed by atoms with Gasteiger partial charge in [-0.2, -0.15) is 0 Å². The molecule has 0 spiro atoms. The molecule has 1 aliphatic heterocycles. The van der Waals surface area contributed by atoms with Gasteiger partial charge in [-0.3, -0.25) is 4.79 Å². The van der Waals surface area contributed by atoms with Crippen LogP contribution in [-0.4, -0.2) is 34.8 Å². The zero-order chi connectivity index (χ0) is 14.7. The summed E-state index contributed by atoms with van der Waals surface area (Å²) in [6.45, 7) is 5.75. The number of carbonyl (C=O) groups is 1. The van der Waals surface area contributed by atoms with Crippen molar-refractivity contribution in [2.24, 2.45) is 11.8 Å². The molecule has 0 aromatic carbocycles. The lowest BCUT2D eigenvalue weighted by Crippen LogP contribution is -2.31. The smallest absolute Gasteiger partial charge is 0.232 e. The average Bonchev–Trinajstić information content (AvgIpc) is 2.93. The Labute approximate surface area is 122 Å². The van der Waals surface area contributed by atoms with Crippen molar-refractivity contribution in [2.75, 3.05) is 11.9 Å². The van der Waals surface area contributed by atoms with Crippen LogP contribution in [0.25, 0.3) is 0 Å². The second-order valence-electron chi connectivity index (χ2n) is 4.91. The number of nitrogens with one attached hydrogen (secondary N) is 1. The van der Waals surface area contributed by atoms with Crippen LogP contribution in [0.3, 0.4) is 0 Å². The van der Waals surface area contributed by atoms with Gasteiger partial charge in [-0.1, -0.05) is 30.1 Å². The van der Waals surface area contributed by atoms with Gasteiger partial charge in [0.1, 0.15) is 6.61 Å². The topological polar surface area (TPSA) is 71.5 Å². The van der Waals surface area contributed by atoms with Crippen LogP contribution in [0.2, 0.25) is 0 Å². The van der Waals surface area contributed by atoms with Crippen molar-refractivity contribution in [3.63, 3.8) is 0 Å². The molecule has 0 radical (unpaired) electrons. The van der Waals surface area contributed by atoms with E-state index >= 15 is 0 Å². The van der Waals surface area contributed by atoms with Gasteiger partial charge >= 0.3 is 0 Å². The number of ether oxygens (including phenoxy) is 1. The van der Waals surface area contributed by atoms with Gasteiger partial charge in [0.25, 0.3) is 0 Å². The van der Waals surface area contributed by atoms with E-state index in [2.05, 4.69) is 22.1 Å². The Morgan fingerprint density at radius 2 is 2.25 bits per heavy atom. The van der Waals surface area contributed by atoms with Crippen LogP contribution >= 0.6 is 11.3 Å². The molecule has 2 N–H and O–H groups in total. The van der Waals surface area contributed by atoms with Gasteiger partial charge in [-0.15, -0.1) is 0 Å². The molecule has 2 heterocycles. The summed E-state index contributed by atoms with van der Waals surface area (Å²) in [7, 11) is 0. The van der Waals surface area contributed by atoms with Crippen molar-refractivity contribution < 1.29 is 14.6 Å². The van der Waals surface area contributed by atoms with E-state index in [4.69, 9.17) is 9.84 Å². The monoisotopic (exact) mass is 294 g/mol. The Morgan fingerprint density at radius 3 is 2.85 bits per heavy atom. The van der Waals surface area contributed by atoms with E-state index in [9.17, 15) is 4.79 Å². The van der Waals surface area contributed by atoms with Gasteiger partial charge in [0.2, 0.25) is 5.91 Å². The summed E-state index contributed by atoms with van der Waals surface area (Å²) in [5, 5.41) is 12.0. The minimum absolute atomic E-state index is 0.0645. The maximum absolute atomic E-state index is 12.3. The zero-order valence-electron chi connectivity index (χ0n) is 11.7. The molecular weight excluding hydrogens is 276 g/mol. The highest BCUT2D eigenvalue weighted by molar-refractivity contribution is 7.16. The minimum atomic E-state index is -0.189. The molecule has 6 heteroatoms. The molecule has 20 heavy (non-hydrogen) atoms. The fourth-order valence-electron chi connectivity index (χ4n) is 2.42. The largest absolute Gasteiger partial charge is 0.384 e. The summed E-state index contributed by atoms with van der Waals surface area (Å²) < 4.78 is 5.68.